The molecule has 0 bridgehead atoms. The lowest BCUT2D eigenvalue weighted by Gasteiger charge is -2.12. The number of benzene rings is 4. The van der Waals surface area contributed by atoms with Gasteiger partial charge in [0.1, 0.15) is 0 Å². The van der Waals surface area contributed by atoms with E-state index in [-0.39, 0.29) is 0 Å². The predicted molar refractivity (Wildman–Crippen MR) is 160 cm³/mol. The van der Waals surface area contributed by atoms with Gasteiger partial charge < -0.3 is 24.5 Å². The Morgan fingerprint density at radius 2 is 0.750 bits per heavy atom. The largest absolute Gasteiger partial charge is 0.434 e. The second-order valence-electron chi connectivity index (χ2n) is 9.62. The summed E-state index contributed by atoms with van der Waals surface area (Å²) >= 11 is 0. The maximum Gasteiger partial charge on any atom is 0.0399 e. The van der Waals surface area contributed by atoms with E-state index in [1.807, 2.05) is 79.8 Å². The molecule has 0 saturated heterocycles. The minimum Gasteiger partial charge on any atom is -0.434 e. The van der Waals surface area contributed by atoms with Crippen molar-refractivity contribution < 1.29 is 0 Å². The van der Waals surface area contributed by atoms with Crippen molar-refractivity contribution in [3.63, 3.8) is 0 Å². The second kappa shape index (κ2) is 10.0. The van der Waals surface area contributed by atoms with Crippen molar-refractivity contribution >= 4 is 0 Å². The van der Waals surface area contributed by atoms with E-state index in [9.17, 15) is 0 Å². The first-order valence-electron chi connectivity index (χ1n) is 13.2. The van der Waals surface area contributed by atoms with Crippen molar-refractivity contribution in [3.8, 4) is 68.1 Å². The molecule has 3 aromatic heterocycles. The first-order valence-corrected chi connectivity index (χ1v) is 13.2. The van der Waals surface area contributed by atoms with Gasteiger partial charge in [-0.2, -0.15) is 0 Å². The van der Waals surface area contributed by atoms with Crippen LogP contribution in [0.1, 0.15) is 0 Å². The van der Waals surface area contributed by atoms with Crippen molar-refractivity contribution in [1.29, 1.82) is 0 Å². The lowest BCUT2D eigenvalue weighted by molar-refractivity contribution is 0.923. The molecule has 7 aromatic rings. The van der Waals surface area contributed by atoms with Crippen LogP contribution in [-0.4, -0.2) is 14.5 Å². The van der Waals surface area contributed by atoms with Crippen LogP contribution in [0.4, 0.5) is 0 Å². The highest BCUT2D eigenvalue weighted by Crippen LogP contribution is 2.35. The molecule has 0 atom stereocenters. The lowest BCUT2D eigenvalue weighted by Crippen LogP contribution is -1.98. The summed E-state index contributed by atoms with van der Waals surface area (Å²) in [6.45, 7) is 0. The van der Waals surface area contributed by atoms with Crippen molar-refractivity contribution in [2.75, 3.05) is 0 Å². The number of aromatic nitrogens is 5. The number of nitrogens with zero attached hydrogens (tertiary/aromatic N) is 5. The van der Waals surface area contributed by atoms with Gasteiger partial charge in [-0.25, -0.2) is 0 Å². The summed E-state index contributed by atoms with van der Waals surface area (Å²) in [7, 11) is 2.02. The third-order valence-electron chi connectivity index (χ3n) is 7.09. The van der Waals surface area contributed by atoms with Crippen LogP contribution in [0, 0.1) is 0 Å². The molecule has 0 aliphatic carbocycles. The third-order valence-corrected chi connectivity index (χ3v) is 7.09. The van der Waals surface area contributed by atoms with Gasteiger partial charge in [-0.15, -0.1) is 0 Å². The average molecular weight is 516 g/mol. The molecule has 5 heteroatoms. The smallest absolute Gasteiger partial charge is 0.0399 e. The summed E-state index contributed by atoms with van der Waals surface area (Å²) in [5.41, 5.74) is 9.42. The van der Waals surface area contributed by atoms with Gasteiger partial charge in [-0.3, -0.25) is 0 Å². The van der Waals surface area contributed by atoms with E-state index in [1.54, 1.807) is 0 Å². The molecular formula is C35H25N5-2. The number of hydrogen-bond donors (Lipinski definition) is 0. The van der Waals surface area contributed by atoms with E-state index >= 15 is 0 Å². The second-order valence-corrected chi connectivity index (χ2v) is 9.62. The highest BCUT2D eigenvalue weighted by Gasteiger charge is 2.12. The maximum absolute atomic E-state index is 5.04. The fraction of sp³-hybridized carbons (Fsp3) is 0.0286. The fourth-order valence-electron chi connectivity index (χ4n) is 5.06. The summed E-state index contributed by atoms with van der Waals surface area (Å²) in [4.78, 5) is 20.2. The fourth-order valence-corrected chi connectivity index (χ4v) is 5.06. The SMILES string of the molecule is Cn1c(-c2nc(-c3ccccc3)c(-c3ccccc3)[n-]2)ccc1-c1nc(-c2ccccc2)c(-c2ccccc2)[n-]1. The van der Waals surface area contributed by atoms with Gasteiger partial charge in [-0.1, -0.05) is 121 Å². The average Bonchev–Trinajstić information content (AvgIpc) is 3.76. The van der Waals surface area contributed by atoms with Gasteiger partial charge in [0.25, 0.3) is 0 Å². The molecule has 40 heavy (non-hydrogen) atoms. The lowest BCUT2D eigenvalue weighted by atomic mass is 10.1. The Kier molecular flexibility index (Phi) is 5.94. The van der Waals surface area contributed by atoms with Gasteiger partial charge in [-0.05, 0) is 68.8 Å². The van der Waals surface area contributed by atoms with Crippen LogP contribution in [0.15, 0.2) is 133 Å². The summed E-state index contributed by atoms with van der Waals surface area (Å²) in [5.74, 6) is 1.34. The zero-order valence-electron chi connectivity index (χ0n) is 21.9. The van der Waals surface area contributed by atoms with Crippen LogP contribution >= 0.6 is 0 Å². The molecular weight excluding hydrogens is 490 g/mol. The Bertz CT molecular complexity index is 1630. The molecule has 0 saturated carbocycles. The van der Waals surface area contributed by atoms with Gasteiger partial charge in [0.15, 0.2) is 0 Å². The monoisotopic (exact) mass is 515 g/mol. The van der Waals surface area contributed by atoms with E-state index in [0.717, 1.165) is 56.4 Å². The van der Waals surface area contributed by atoms with E-state index < -0.39 is 0 Å². The predicted octanol–water partition coefficient (Wildman–Crippen LogP) is 7.73. The minimum absolute atomic E-state index is 0.671. The van der Waals surface area contributed by atoms with Gasteiger partial charge in [0, 0.05) is 18.4 Å². The van der Waals surface area contributed by atoms with Crippen LogP contribution in [0.3, 0.4) is 0 Å². The van der Waals surface area contributed by atoms with Crippen molar-refractivity contribution in [2.24, 2.45) is 7.05 Å². The summed E-state index contributed by atoms with van der Waals surface area (Å²) in [6, 6.07) is 45.0. The Morgan fingerprint density at radius 1 is 0.425 bits per heavy atom. The molecule has 5 nitrogen and oxygen atoms in total. The number of hydrogen-bond acceptors (Lipinski definition) is 2. The maximum atomic E-state index is 5.04. The van der Waals surface area contributed by atoms with Crippen LogP contribution in [0.2, 0.25) is 0 Å². The molecule has 0 radical (unpaired) electrons. The molecule has 0 aliphatic rings. The van der Waals surface area contributed by atoms with Crippen LogP contribution < -0.4 is 9.97 Å². The van der Waals surface area contributed by atoms with E-state index in [2.05, 4.69) is 65.2 Å². The number of imidazole rings is 2. The zero-order chi connectivity index (χ0) is 26.9. The molecule has 0 unspecified atom stereocenters. The Balaban J connectivity index is 1.35. The summed E-state index contributed by atoms with van der Waals surface area (Å²) < 4.78 is 2.08. The van der Waals surface area contributed by atoms with Crippen LogP contribution in [-0.2, 0) is 7.05 Å². The quantitative estimate of drug-likeness (QED) is 0.227. The summed E-state index contributed by atoms with van der Waals surface area (Å²) in [6.07, 6.45) is 0. The Labute approximate surface area is 232 Å². The molecule has 0 spiro atoms. The molecule has 0 N–H and O–H groups in total. The Hall–Kier alpha value is -5.42. The van der Waals surface area contributed by atoms with Gasteiger partial charge >= 0.3 is 0 Å². The molecule has 7 rings (SSSR count). The highest BCUT2D eigenvalue weighted by atomic mass is 15.1. The molecule has 4 aromatic carbocycles. The third kappa shape index (κ3) is 4.24. The zero-order valence-corrected chi connectivity index (χ0v) is 21.9. The van der Waals surface area contributed by atoms with Crippen molar-refractivity contribution in [1.82, 2.24) is 24.5 Å². The molecule has 3 heterocycles. The first kappa shape index (κ1) is 23.7. The van der Waals surface area contributed by atoms with Crippen LogP contribution in [0.25, 0.3) is 68.1 Å². The van der Waals surface area contributed by atoms with Crippen molar-refractivity contribution in [3.05, 3.63) is 133 Å². The molecule has 0 amide bonds. The van der Waals surface area contributed by atoms with Gasteiger partial charge in [0.2, 0.25) is 0 Å². The van der Waals surface area contributed by atoms with Crippen molar-refractivity contribution in [2.45, 2.75) is 0 Å². The van der Waals surface area contributed by atoms with Crippen LogP contribution in [0.5, 0.6) is 0 Å². The minimum atomic E-state index is 0.671. The van der Waals surface area contributed by atoms with E-state index in [4.69, 9.17) is 19.9 Å². The number of rotatable bonds is 6. The normalized spacial score (nSPS) is 11.1. The molecule has 0 fully saturated rings. The molecule has 0 aliphatic heterocycles. The Morgan fingerprint density at radius 3 is 1.10 bits per heavy atom. The highest BCUT2D eigenvalue weighted by molar-refractivity contribution is 5.83. The first-order chi connectivity index (χ1) is 19.8. The topological polar surface area (TPSA) is 58.9 Å². The summed E-state index contributed by atoms with van der Waals surface area (Å²) in [5, 5.41) is 0. The van der Waals surface area contributed by atoms with Gasteiger partial charge in [0.05, 0.1) is 0 Å². The molecule has 192 valence electrons. The standard InChI is InChI=1S/C35H25N5/c1-40-28(34-36-30(24-14-6-2-7-15-24)31(37-34)25-16-8-3-9-17-25)22-23-29(40)35-38-32(26-18-10-4-11-19-26)33(39-35)27-20-12-5-13-21-27/h2-23H,1H3/q-2. The van der Waals surface area contributed by atoms with E-state index in [1.165, 1.54) is 0 Å². The van der Waals surface area contributed by atoms with E-state index in [0.29, 0.717) is 11.6 Å².